The van der Waals surface area contributed by atoms with Crippen LogP contribution in [0.5, 0.6) is 6.01 Å². The van der Waals surface area contributed by atoms with Crippen LogP contribution in [-0.4, -0.2) is 32.7 Å². The zero-order valence-electron chi connectivity index (χ0n) is 9.56. The predicted octanol–water partition coefficient (Wildman–Crippen LogP) is 0.144. The van der Waals surface area contributed by atoms with Gasteiger partial charge >= 0.3 is 6.01 Å². The van der Waals surface area contributed by atoms with Gasteiger partial charge in [0.05, 0.1) is 6.61 Å². The van der Waals surface area contributed by atoms with Crippen molar-refractivity contribution in [1.82, 2.24) is 20.2 Å². The molecule has 2 rings (SSSR count). The fourth-order valence-electron chi connectivity index (χ4n) is 1.25. The molecular weight excluding hydrogens is 238 g/mol. The van der Waals surface area contributed by atoms with Gasteiger partial charge in [-0.3, -0.25) is 14.9 Å². The van der Waals surface area contributed by atoms with Crippen molar-refractivity contribution in [2.24, 2.45) is 0 Å². The minimum absolute atomic E-state index is 0.136. The van der Waals surface area contributed by atoms with Crippen LogP contribution in [0.25, 0.3) is 0 Å². The molecule has 0 bridgehead atoms. The Morgan fingerprint density at radius 2 is 2.33 bits per heavy atom. The highest BCUT2D eigenvalue weighted by atomic mass is 16.5. The molecule has 8 nitrogen and oxygen atoms in total. The number of hydrogen-bond acceptors (Lipinski definition) is 5. The molecule has 94 valence electrons. The molecule has 3 N–H and O–H groups in total. The first-order chi connectivity index (χ1) is 8.69. The topological polar surface area (TPSA) is 113 Å². The number of nitrogens with zero attached hydrogens (tertiary/aromatic N) is 2. The summed E-state index contributed by atoms with van der Waals surface area (Å²) in [4.78, 5) is 29.0. The maximum Gasteiger partial charge on any atom is 0.337 e. The number of carbonyl (C=O) groups excluding carboxylic acids is 1. The van der Waals surface area contributed by atoms with Gasteiger partial charge in [-0.1, -0.05) is 6.07 Å². The summed E-state index contributed by atoms with van der Waals surface area (Å²) in [5, 5.41) is 8.67. The van der Waals surface area contributed by atoms with E-state index in [-0.39, 0.29) is 23.2 Å². The van der Waals surface area contributed by atoms with E-state index in [0.29, 0.717) is 6.61 Å². The number of aromatic amines is 2. The van der Waals surface area contributed by atoms with Crippen LogP contribution in [-0.2, 0) is 0 Å². The van der Waals surface area contributed by atoms with Crippen LogP contribution in [0.1, 0.15) is 17.4 Å². The van der Waals surface area contributed by atoms with E-state index >= 15 is 0 Å². The predicted molar refractivity (Wildman–Crippen MR) is 62.6 cm³/mol. The van der Waals surface area contributed by atoms with Crippen LogP contribution in [0, 0.1) is 0 Å². The van der Waals surface area contributed by atoms with Gasteiger partial charge in [0.15, 0.2) is 0 Å². The molecule has 2 aromatic rings. The van der Waals surface area contributed by atoms with E-state index in [1.807, 2.05) is 0 Å². The largest absolute Gasteiger partial charge is 0.463 e. The second kappa shape index (κ2) is 5.13. The normalized spacial score (nSPS) is 10.1. The minimum atomic E-state index is -0.494. The van der Waals surface area contributed by atoms with Gasteiger partial charge in [-0.05, 0) is 13.0 Å². The third-order valence-electron chi connectivity index (χ3n) is 1.98. The standard InChI is InChI=1S/C10H11N5O3/c1-2-18-10-13-9(14-15-10)12-8(17)6-4-3-5-7(16)11-6/h3-5H,2H2,1H3,(H,11,16)(H2,12,13,14,15,17). The Hall–Kier alpha value is -2.64. The highest BCUT2D eigenvalue weighted by Crippen LogP contribution is 2.06. The van der Waals surface area contributed by atoms with Crippen molar-refractivity contribution in [1.29, 1.82) is 0 Å². The highest BCUT2D eigenvalue weighted by molar-refractivity contribution is 6.01. The molecule has 1 amide bonds. The molecule has 0 unspecified atom stereocenters. The van der Waals surface area contributed by atoms with Gasteiger partial charge < -0.3 is 9.72 Å². The van der Waals surface area contributed by atoms with Crippen molar-refractivity contribution in [3.8, 4) is 6.01 Å². The second-order valence-corrected chi connectivity index (χ2v) is 3.28. The van der Waals surface area contributed by atoms with Gasteiger partial charge in [0.25, 0.3) is 5.91 Å². The molecule has 18 heavy (non-hydrogen) atoms. The lowest BCUT2D eigenvalue weighted by Crippen LogP contribution is -2.18. The van der Waals surface area contributed by atoms with Gasteiger partial charge in [-0.2, -0.15) is 4.98 Å². The van der Waals surface area contributed by atoms with Crippen LogP contribution >= 0.6 is 0 Å². The summed E-state index contributed by atoms with van der Waals surface area (Å²) >= 11 is 0. The molecular formula is C10H11N5O3. The number of amides is 1. The summed E-state index contributed by atoms with van der Waals surface area (Å²) in [5.41, 5.74) is -0.216. The van der Waals surface area contributed by atoms with Crippen LogP contribution in [0.4, 0.5) is 5.95 Å². The number of hydrogen-bond donors (Lipinski definition) is 3. The first-order valence-corrected chi connectivity index (χ1v) is 5.25. The summed E-state index contributed by atoms with van der Waals surface area (Å²) in [7, 11) is 0. The molecule has 0 aliphatic rings. The summed E-state index contributed by atoms with van der Waals surface area (Å²) < 4.78 is 5.03. The SMILES string of the molecule is CCOc1n[nH]c(NC(=O)c2cccc(=O)[nH]2)n1. The van der Waals surface area contributed by atoms with Gasteiger partial charge in [-0.25, -0.2) is 5.10 Å². The molecule has 0 aliphatic carbocycles. The Bertz CT molecular complexity index is 603. The quantitative estimate of drug-likeness (QED) is 0.713. The van der Waals surface area contributed by atoms with Crippen LogP contribution < -0.4 is 15.6 Å². The first-order valence-electron chi connectivity index (χ1n) is 5.25. The van der Waals surface area contributed by atoms with Crippen LogP contribution in [0.3, 0.4) is 0 Å². The van der Waals surface area contributed by atoms with Crippen molar-refractivity contribution in [2.45, 2.75) is 6.92 Å². The van der Waals surface area contributed by atoms with Crippen LogP contribution in [0.15, 0.2) is 23.0 Å². The summed E-state index contributed by atoms with van der Waals surface area (Å²) in [6.45, 7) is 2.22. The fraction of sp³-hybridized carbons (Fsp3) is 0.200. The van der Waals surface area contributed by atoms with E-state index in [4.69, 9.17) is 4.74 Å². The van der Waals surface area contributed by atoms with Crippen LogP contribution in [0.2, 0.25) is 0 Å². The molecule has 2 aromatic heterocycles. The van der Waals surface area contributed by atoms with E-state index in [2.05, 4.69) is 25.5 Å². The van der Waals surface area contributed by atoms with Gasteiger partial charge in [-0.15, -0.1) is 5.10 Å². The summed E-state index contributed by atoms with van der Waals surface area (Å²) in [6, 6.07) is 4.43. The zero-order chi connectivity index (χ0) is 13.0. The lowest BCUT2D eigenvalue weighted by atomic mass is 10.3. The average molecular weight is 249 g/mol. The molecule has 0 spiro atoms. The number of rotatable bonds is 4. The summed E-state index contributed by atoms with van der Waals surface area (Å²) in [6.07, 6.45) is 0. The molecule has 0 saturated carbocycles. The highest BCUT2D eigenvalue weighted by Gasteiger charge is 2.10. The molecule has 8 heteroatoms. The van der Waals surface area contributed by atoms with E-state index in [1.165, 1.54) is 18.2 Å². The van der Waals surface area contributed by atoms with Gasteiger partial charge in [0.2, 0.25) is 11.5 Å². The lowest BCUT2D eigenvalue weighted by molar-refractivity contribution is 0.102. The number of carbonyl (C=O) groups is 1. The number of H-pyrrole nitrogens is 2. The molecule has 0 radical (unpaired) electrons. The van der Waals surface area contributed by atoms with E-state index < -0.39 is 5.91 Å². The van der Waals surface area contributed by atoms with Gasteiger partial charge in [0, 0.05) is 6.07 Å². The minimum Gasteiger partial charge on any atom is -0.463 e. The Morgan fingerprint density at radius 1 is 1.50 bits per heavy atom. The Balaban J connectivity index is 2.08. The van der Waals surface area contributed by atoms with E-state index in [0.717, 1.165) is 0 Å². The van der Waals surface area contributed by atoms with Crippen molar-refractivity contribution in [3.05, 3.63) is 34.2 Å². The maximum absolute atomic E-state index is 11.7. The van der Waals surface area contributed by atoms with E-state index in [9.17, 15) is 9.59 Å². The van der Waals surface area contributed by atoms with Crippen molar-refractivity contribution in [3.63, 3.8) is 0 Å². The van der Waals surface area contributed by atoms with Crippen molar-refractivity contribution < 1.29 is 9.53 Å². The fourth-order valence-corrected chi connectivity index (χ4v) is 1.25. The molecule has 2 heterocycles. The van der Waals surface area contributed by atoms with E-state index in [1.54, 1.807) is 6.92 Å². The van der Waals surface area contributed by atoms with Crippen molar-refractivity contribution >= 4 is 11.9 Å². The number of ether oxygens (including phenoxy) is 1. The number of aromatic nitrogens is 4. The Labute approximate surface area is 101 Å². The number of anilines is 1. The monoisotopic (exact) mass is 249 g/mol. The molecule has 0 aromatic carbocycles. The molecule has 0 aliphatic heterocycles. The number of pyridine rings is 1. The third-order valence-corrected chi connectivity index (χ3v) is 1.98. The molecule has 0 fully saturated rings. The Kier molecular flexibility index (Phi) is 3.37. The van der Waals surface area contributed by atoms with Gasteiger partial charge in [0.1, 0.15) is 5.69 Å². The first kappa shape index (κ1) is 11.8. The smallest absolute Gasteiger partial charge is 0.337 e. The Morgan fingerprint density at radius 3 is 3.06 bits per heavy atom. The lowest BCUT2D eigenvalue weighted by Gasteiger charge is -2.00. The zero-order valence-corrected chi connectivity index (χ0v) is 9.56. The maximum atomic E-state index is 11.7. The third kappa shape index (κ3) is 2.73. The molecule has 0 saturated heterocycles. The second-order valence-electron chi connectivity index (χ2n) is 3.28. The average Bonchev–Trinajstić information content (AvgIpc) is 2.77. The van der Waals surface area contributed by atoms with Crippen molar-refractivity contribution in [2.75, 3.05) is 11.9 Å². The number of nitrogens with one attached hydrogen (secondary N) is 3. The summed E-state index contributed by atoms with van der Waals surface area (Å²) in [5.74, 6) is -0.347. The molecule has 0 atom stereocenters.